The minimum Gasteiger partial charge on any atom is -0.381 e. The topological polar surface area (TPSA) is 53.1 Å². The van der Waals surface area contributed by atoms with E-state index in [0.717, 1.165) is 44.6 Å². The number of nitrogens with two attached hydrogens (primary N) is 1. The van der Waals surface area contributed by atoms with E-state index in [2.05, 4.69) is 18.2 Å². The van der Waals surface area contributed by atoms with Crippen molar-refractivity contribution in [3.8, 4) is 0 Å². The van der Waals surface area contributed by atoms with Gasteiger partial charge in [0.15, 0.2) is 0 Å². The van der Waals surface area contributed by atoms with Gasteiger partial charge in [0.25, 0.3) is 0 Å². The quantitative estimate of drug-likeness (QED) is 0.827. The lowest BCUT2D eigenvalue weighted by atomic mass is 9.97. The fourth-order valence-corrected chi connectivity index (χ4v) is 2.19. The van der Waals surface area contributed by atoms with E-state index in [0.29, 0.717) is 5.92 Å². The van der Waals surface area contributed by atoms with E-state index in [1.54, 1.807) is 0 Å². The third-order valence-electron chi connectivity index (χ3n) is 3.15. The van der Waals surface area contributed by atoms with Gasteiger partial charge in [0.1, 0.15) is 0 Å². The number of rotatable bonds is 5. The molecule has 1 fully saturated rings. The minimum atomic E-state index is 0.109. The van der Waals surface area contributed by atoms with E-state index >= 15 is 0 Å². The molecule has 1 aliphatic heterocycles. The van der Waals surface area contributed by atoms with Gasteiger partial charge in [-0.1, -0.05) is 6.92 Å². The van der Waals surface area contributed by atoms with E-state index in [-0.39, 0.29) is 6.04 Å². The van der Waals surface area contributed by atoms with E-state index in [9.17, 15) is 0 Å². The fourth-order valence-electron chi connectivity index (χ4n) is 2.19. The standard InChI is InChI=1S/C12H21N3O/c1-2-4-15-8-11(7-14-15)12(13)6-10-3-5-16-9-10/h7-8,10,12H,2-6,9,13H2,1H3. The summed E-state index contributed by atoms with van der Waals surface area (Å²) in [5.74, 6) is 0.629. The molecule has 2 heterocycles. The molecule has 2 atom stereocenters. The van der Waals surface area contributed by atoms with E-state index in [4.69, 9.17) is 10.5 Å². The Kier molecular flexibility index (Phi) is 3.96. The summed E-state index contributed by atoms with van der Waals surface area (Å²) >= 11 is 0. The second-order valence-corrected chi connectivity index (χ2v) is 4.61. The van der Waals surface area contributed by atoms with Crippen LogP contribution in [0.4, 0.5) is 0 Å². The number of hydrogen-bond donors (Lipinski definition) is 1. The summed E-state index contributed by atoms with van der Waals surface area (Å²) in [6.45, 7) is 4.89. The van der Waals surface area contributed by atoms with Crippen LogP contribution in [0.5, 0.6) is 0 Å². The molecule has 2 unspecified atom stereocenters. The molecule has 2 rings (SSSR count). The maximum Gasteiger partial charge on any atom is 0.0537 e. The molecule has 1 aromatic rings. The second-order valence-electron chi connectivity index (χ2n) is 4.61. The first-order chi connectivity index (χ1) is 7.79. The van der Waals surface area contributed by atoms with Crippen molar-refractivity contribution < 1.29 is 4.74 Å². The Hall–Kier alpha value is -0.870. The molecule has 0 aliphatic carbocycles. The van der Waals surface area contributed by atoms with Crippen LogP contribution in [-0.2, 0) is 11.3 Å². The van der Waals surface area contributed by atoms with Crippen LogP contribution in [0.1, 0.15) is 37.8 Å². The number of nitrogens with zero attached hydrogens (tertiary/aromatic N) is 2. The molecule has 0 bridgehead atoms. The van der Waals surface area contributed by atoms with Crippen LogP contribution in [-0.4, -0.2) is 23.0 Å². The van der Waals surface area contributed by atoms with Gasteiger partial charge in [-0.15, -0.1) is 0 Å². The van der Waals surface area contributed by atoms with Gasteiger partial charge < -0.3 is 10.5 Å². The third-order valence-corrected chi connectivity index (χ3v) is 3.15. The summed E-state index contributed by atoms with van der Waals surface area (Å²) in [5.41, 5.74) is 7.33. The maximum absolute atomic E-state index is 6.18. The van der Waals surface area contributed by atoms with Gasteiger partial charge in [-0.2, -0.15) is 5.10 Å². The highest BCUT2D eigenvalue weighted by molar-refractivity contribution is 5.09. The SMILES string of the molecule is CCCn1cc(C(N)CC2CCOC2)cn1. The van der Waals surface area contributed by atoms with Crippen molar-refractivity contribution in [1.82, 2.24) is 9.78 Å². The van der Waals surface area contributed by atoms with E-state index in [1.807, 2.05) is 10.9 Å². The molecule has 1 aliphatic rings. The molecule has 4 nitrogen and oxygen atoms in total. The molecule has 0 spiro atoms. The van der Waals surface area contributed by atoms with Gasteiger partial charge in [0.05, 0.1) is 6.20 Å². The van der Waals surface area contributed by atoms with Crippen LogP contribution in [0, 0.1) is 5.92 Å². The van der Waals surface area contributed by atoms with Crippen molar-refractivity contribution in [2.75, 3.05) is 13.2 Å². The molecule has 1 aromatic heterocycles. The highest BCUT2D eigenvalue weighted by Crippen LogP contribution is 2.24. The summed E-state index contributed by atoms with van der Waals surface area (Å²) < 4.78 is 7.33. The average Bonchev–Trinajstić information content (AvgIpc) is 2.89. The number of aromatic nitrogens is 2. The summed E-state index contributed by atoms with van der Waals surface area (Å²) in [5, 5.41) is 4.31. The van der Waals surface area contributed by atoms with E-state index < -0.39 is 0 Å². The first-order valence-corrected chi connectivity index (χ1v) is 6.15. The van der Waals surface area contributed by atoms with Gasteiger partial charge >= 0.3 is 0 Å². The Balaban J connectivity index is 1.89. The van der Waals surface area contributed by atoms with Crippen molar-refractivity contribution in [1.29, 1.82) is 0 Å². The smallest absolute Gasteiger partial charge is 0.0537 e. The van der Waals surface area contributed by atoms with Crippen LogP contribution < -0.4 is 5.73 Å². The Morgan fingerprint density at radius 1 is 1.69 bits per heavy atom. The molecular weight excluding hydrogens is 202 g/mol. The van der Waals surface area contributed by atoms with Crippen molar-refractivity contribution >= 4 is 0 Å². The Morgan fingerprint density at radius 2 is 2.56 bits per heavy atom. The van der Waals surface area contributed by atoms with Crippen LogP contribution in [0.3, 0.4) is 0 Å². The first kappa shape index (κ1) is 11.6. The largest absolute Gasteiger partial charge is 0.381 e. The van der Waals surface area contributed by atoms with Crippen molar-refractivity contribution in [2.24, 2.45) is 11.7 Å². The van der Waals surface area contributed by atoms with Crippen LogP contribution >= 0.6 is 0 Å². The van der Waals surface area contributed by atoms with Crippen molar-refractivity contribution in [2.45, 2.75) is 38.8 Å². The predicted molar refractivity (Wildman–Crippen MR) is 63.0 cm³/mol. The molecule has 0 aromatic carbocycles. The highest BCUT2D eigenvalue weighted by atomic mass is 16.5. The van der Waals surface area contributed by atoms with Crippen molar-refractivity contribution in [3.05, 3.63) is 18.0 Å². The monoisotopic (exact) mass is 223 g/mol. The molecule has 90 valence electrons. The molecule has 1 saturated heterocycles. The van der Waals surface area contributed by atoms with Crippen LogP contribution in [0.25, 0.3) is 0 Å². The molecule has 4 heteroatoms. The van der Waals surface area contributed by atoms with Gasteiger partial charge in [0.2, 0.25) is 0 Å². The average molecular weight is 223 g/mol. The number of ether oxygens (including phenoxy) is 1. The lowest BCUT2D eigenvalue weighted by Crippen LogP contribution is -2.15. The fraction of sp³-hybridized carbons (Fsp3) is 0.750. The Bertz CT molecular complexity index is 318. The van der Waals surface area contributed by atoms with Crippen molar-refractivity contribution in [3.63, 3.8) is 0 Å². The zero-order chi connectivity index (χ0) is 11.4. The van der Waals surface area contributed by atoms with Crippen LogP contribution in [0.15, 0.2) is 12.4 Å². The predicted octanol–water partition coefficient (Wildman–Crippen LogP) is 1.72. The summed E-state index contributed by atoms with van der Waals surface area (Å²) in [6, 6.07) is 0.109. The molecule has 0 amide bonds. The van der Waals surface area contributed by atoms with Gasteiger partial charge in [-0.25, -0.2) is 0 Å². The van der Waals surface area contributed by atoms with Gasteiger partial charge in [-0.3, -0.25) is 4.68 Å². The zero-order valence-corrected chi connectivity index (χ0v) is 9.93. The normalized spacial score (nSPS) is 22.5. The second kappa shape index (κ2) is 5.46. The lowest BCUT2D eigenvalue weighted by molar-refractivity contribution is 0.182. The minimum absolute atomic E-state index is 0.109. The first-order valence-electron chi connectivity index (χ1n) is 6.15. The Morgan fingerprint density at radius 3 is 3.25 bits per heavy atom. The summed E-state index contributed by atoms with van der Waals surface area (Å²) in [4.78, 5) is 0. The van der Waals surface area contributed by atoms with Gasteiger partial charge in [-0.05, 0) is 25.2 Å². The van der Waals surface area contributed by atoms with Crippen LogP contribution in [0.2, 0.25) is 0 Å². The van der Waals surface area contributed by atoms with Gasteiger partial charge in [0, 0.05) is 37.6 Å². The Labute approximate surface area is 96.8 Å². The summed E-state index contributed by atoms with van der Waals surface area (Å²) in [6.07, 6.45) is 7.24. The number of aryl methyl sites for hydroxylation is 1. The molecule has 2 N–H and O–H groups in total. The highest BCUT2D eigenvalue weighted by Gasteiger charge is 2.20. The maximum atomic E-state index is 6.18. The molecular formula is C12H21N3O. The molecule has 0 radical (unpaired) electrons. The van der Waals surface area contributed by atoms with E-state index in [1.165, 1.54) is 0 Å². The number of hydrogen-bond acceptors (Lipinski definition) is 3. The third kappa shape index (κ3) is 2.83. The molecule has 0 saturated carbocycles. The zero-order valence-electron chi connectivity index (χ0n) is 9.93. The summed E-state index contributed by atoms with van der Waals surface area (Å²) in [7, 11) is 0. The lowest BCUT2D eigenvalue weighted by Gasteiger charge is -2.13. The molecule has 16 heavy (non-hydrogen) atoms.